The fraction of sp³-hybridized carbons (Fsp3) is 1.00. The van der Waals surface area contributed by atoms with E-state index in [2.05, 4.69) is 0 Å². The Morgan fingerprint density at radius 3 is 1.19 bits per heavy atom. The molecular formula is C9H9F11O. The van der Waals surface area contributed by atoms with E-state index in [-0.39, 0.29) is 0 Å². The highest BCUT2D eigenvalue weighted by Gasteiger charge is 2.88. The normalized spacial score (nSPS) is 17.3. The summed E-state index contributed by atoms with van der Waals surface area (Å²) >= 11 is 0. The molecule has 1 unspecified atom stereocenters. The van der Waals surface area contributed by atoms with E-state index in [1.54, 1.807) is 0 Å². The van der Waals surface area contributed by atoms with Crippen LogP contribution in [0.15, 0.2) is 0 Å². The van der Waals surface area contributed by atoms with E-state index in [0.29, 0.717) is 13.8 Å². The number of hydrogen-bond acceptors (Lipinski definition) is 1. The van der Waals surface area contributed by atoms with E-state index in [4.69, 9.17) is 5.11 Å². The van der Waals surface area contributed by atoms with Gasteiger partial charge < -0.3 is 5.11 Å². The van der Waals surface area contributed by atoms with Crippen molar-refractivity contribution in [2.75, 3.05) is 0 Å². The molecule has 0 spiro atoms. The van der Waals surface area contributed by atoms with Crippen molar-refractivity contribution >= 4 is 0 Å². The number of halogens is 11. The first-order valence-electron chi connectivity index (χ1n) is 5.11. The van der Waals surface area contributed by atoms with Gasteiger partial charge >= 0.3 is 29.9 Å². The molecule has 0 saturated heterocycles. The van der Waals surface area contributed by atoms with E-state index in [9.17, 15) is 48.3 Å². The predicted octanol–water partition coefficient (Wildman–Crippen LogP) is 4.11. The summed E-state index contributed by atoms with van der Waals surface area (Å²) in [7, 11) is 0. The topological polar surface area (TPSA) is 20.2 Å². The van der Waals surface area contributed by atoms with Crippen LogP contribution in [0.3, 0.4) is 0 Å². The van der Waals surface area contributed by atoms with Gasteiger partial charge in [-0.1, -0.05) is 13.8 Å². The summed E-state index contributed by atoms with van der Waals surface area (Å²) in [4.78, 5) is 0. The molecule has 12 heteroatoms. The predicted molar refractivity (Wildman–Crippen MR) is 46.7 cm³/mol. The molecule has 0 amide bonds. The summed E-state index contributed by atoms with van der Waals surface area (Å²) in [6.45, 7) is 1.30. The van der Waals surface area contributed by atoms with Crippen LogP contribution >= 0.6 is 0 Å². The zero-order chi connectivity index (χ0) is 17.7. The number of alkyl halides is 11. The SMILES string of the molecule is CC(C)C(O)C(F)(F)C(F)(F)C(F)(F)C(F)(F)C(F)(F)F. The van der Waals surface area contributed by atoms with Gasteiger partial charge in [-0.05, 0) is 5.92 Å². The minimum Gasteiger partial charge on any atom is -0.386 e. The van der Waals surface area contributed by atoms with Gasteiger partial charge in [-0.2, -0.15) is 48.3 Å². The Hall–Kier alpha value is -0.810. The summed E-state index contributed by atoms with van der Waals surface area (Å²) in [6.07, 6.45) is -10.8. The van der Waals surface area contributed by atoms with E-state index in [1.165, 1.54) is 0 Å². The van der Waals surface area contributed by atoms with Crippen molar-refractivity contribution < 1.29 is 53.4 Å². The molecule has 128 valence electrons. The van der Waals surface area contributed by atoms with Crippen molar-refractivity contribution in [3.05, 3.63) is 0 Å². The lowest BCUT2D eigenvalue weighted by Gasteiger charge is -2.39. The number of aliphatic hydroxyl groups is 1. The summed E-state index contributed by atoms with van der Waals surface area (Å²) < 4.78 is 138. The van der Waals surface area contributed by atoms with Crippen LogP contribution in [0.25, 0.3) is 0 Å². The summed E-state index contributed by atoms with van der Waals surface area (Å²) in [6, 6.07) is 0. The van der Waals surface area contributed by atoms with Crippen molar-refractivity contribution in [1.29, 1.82) is 0 Å². The molecule has 21 heavy (non-hydrogen) atoms. The molecule has 0 aromatic rings. The van der Waals surface area contributed by atoms with Crippen molar-refractivity contribution in [2.24, 2.45) is 5.92 Å². The van der Waals surface area contributed by atoms with E-state index >= 15 is 0 Å². The van der Waals surface area contributed by atoms with Gasteiger partial charge in [0.25, 0.3) is 0 Å². The van der Waals surface area contributed by atoms with Gasteiger partial charge in [0.05, 0.1) is 0 Å². The maximum atomic E-state index is 13.1. The van der Waals surface area contributed by atoms with Crippen LogP contribution in [0, 0.1) is 5.92 Å². The fourth-order valence-electron chi connectivity index (χ4n) is 1.19. The number of hydrogen-bond donors (Lipinski definition) is 1. The number of aliphatic hydroxyl groups excluding tert-OH is 1. The zero-order valence-electron chi connectivity index (χ0n) is 10.3. The third kappa shape index (κ3) is 2.78. The Morgan fingerprint density at radius 1 is 0.619 bits per heavy atom. The second kappa shape index (κ2) is 5.13. The minimum atomic E-state index is -7.47. The Bertz CT molecular complexity index is 370. The standard InChI is InChI=1S/C9H9F11O/c1-3(2)4(21)5(10,11)6(12,13)7(14,15)8(16,17)9(18,19)20/h3-4,21H,1-2H3. The summed E-state index contributed by atoms with van der Waals surface area (Å²) in [5.41, 5.74) is 0. The third-order valence-electron chi connectivity index (χ3n) is 2.57. The quantitative estimate of drug-likeness (QED) is 0.746. The fourth-order valence-corrected chi connectivity index (χ4v) is 1.19. The molecular weight excluding hydrogens is 333 g/mol. The van der Waals surface area contributed by atoms with Crippen LogP contribution in [0.1, 0.15) is 13.8 Å². The largest absolute Gasteiger partial charge is 0.460 e. The monoisotopic (exact) mass is 342 g/mol. The molecule has 1 nitrogen and oxygen atoms in total. The highest BCUT2D eigenvalue weighted by Crippen LogP contribution is 2.58. The first kappa shape index (κ1) is 20.2. The van der Waals surface area contributed by atoms with Gasteiger partial charge in [-0.3, -0.25) is 0 Å². The summed E-state index contributed by atoms with van der Waals surface area (Å²) in [5, 5.41) is 8.73. The van der Waals surface area contributed by atoms with Crippen LogP contribution < -0.4 is 0 Å². The van der Waals surface area contributed by atoms with E-state index < -0.39 is 41.9 Å². The van der Waals surface area contributed by atoms with Crippen LogP contribution in [-0.4, -0.2) is 41.1 Å². The molecule has 0 aliphatic carbocycles. The minimum absolute atomic E-state index is 0.648. The average Bonchev–Trinajstić information content (AvgIpc) is 2.25. The third-order valence-corrected chi connectivity index (χ3v) is 2.57. The lowest BCUT2D eigenvalue weighted by Crippen LogP contribution is -2.69. The molecule has 1 N–H and O–H groups in total. The van der Waals surface area contributed by atoms with Gasteiger partial charge in [-0.15, -0.1) is 0 Å². The van der Waals surface area contributed by atoms with E-state index in [0.717, 1.165) is 0 Å². The Labute approximate surface area is 110 Å². The maximum absolute atomic E-state index is 13.1. The van der Waals surface area contributed by atoms with Crippen molar-refractivity contribution in [1.82, 2.24) is 0 Å². The van der Waals surface area contributed by atoms with Gasteiger partial charge in [0.2, 0.25) is 0 Å². The van der Waals surface area contributed by atoms with Crippen molar-refractivity contribution in [2.45, 2.75) is 49.8 Å². The Balaban J connectivity index is 6.01. The zero-order valence-corrected chi connectivity index (χ0v) is 10.3. The smallest absolute Gasteiger partial charge is 0.386 e. The molecule has 0 aromatic heterocycles. The molecule has 1 atom stereocenters. The second-order valence-electron chi connectivity index (χ2n) is 4.53. The summed E-state index contributed by atoms with van der Waals surface area (Å²) in [5.74, 6) is -30.1. The van der Waals surface area contributed by atoms with Gasteiger partial charge in [0.15, 0.2) is 0 Å². The molecule has 0 heterocycles. The van der Waals surface area contributed by atoms with E-state index in [1.807, 2.05) is 0 Å². The molecule has 0 rings (SSSR count). The second-order valence-corrected chi connectivity index (χ2v) is 4.53. The maximum Gasteiger partial charge on any atom is 0.460 e. The lowest BCUT2D eigenvalue weighted by atomic mass is 9.90. The number of rotatable bonds is 5. The molecule has 0 radical (unpaired) electrons. The van der Waals surface area contributed by atoms with Gasteiger partial charge in [0.1, 0.15) is 6.10 Å². The Morgan fingerprint density at radius 2 is 0.952 bits per heavy atom. The van der Waals surface area contributed by atoms with Crippen LogP contribution in [0.2, 0.25) is 0 Å². The average molecular weight is 342 g/mol. The molecule has 0 fully saturated rings. The highest BCUT2D eigenvalue weighted by atomic mass is 19.4. The van der Waals surface area contributed by atoms with Crippen molar-refractivity contribution in [3.8, 4) is 0 Å². The van der Waals surface area contributed by atoms with Crippen molar-refractivity contribution in [3.63, 3.8) is 0 Å². The van der Waals surface area contributed by atoms with Crippen LogP contribution in [0.4, 0.5) is 48.3 Å². The molecule has 0 aliphatic rings. The lowest BCUT2D eigenvalue weighted by molar-refractivity contribution is -0.429. The van der Waals surface area contributed by atoms with Gasteiger partial charge in [-0.25, -0.2) is 0 Å². The van der Waals surface area contributed by atoms with Gasteiger partial charge in [0, 0.05) is 0 Å². The van der Waals surface area contributed by atoms with Crippen LogP contribution in [-0.2, 0) is 0 Å². The molecule has 0 aliphatic heterocycles. The Kier molecular flexibility index (Phi) is 4.93. The first-order chi connectivity index (χ1) is 8.85. The molecule has 0 aromatic carbocycles. The first-order valence-corrected chi connectivity index (χ1v) is 5.11. The van der Waals surface area contributed by atoms with Crippen LogP contribution in [0.5, 0.6) is 0 Å². The molecule has 0 saturated carbocycles. The highest BCUT2D eigenvalue weighted by molar-refractivity contribution is 5.08. The molecule has 0 bridgehead atoms.